The molecule has 0 radical (unpaired) electrons. The van der Waals surface area contributed by atoms with E-state index in [-0.39, 0.29) is 24.3 Å². The highest BCUT2D eigenvalue weighted by Crippen LogP contribution is 2.25. The Morgan fingerprint density at radius 1 is 1.03 bits per heavy atom. The van der Waals surface area contributed by atoms with Gasteiger partial charge in [0.15, 0.2) is 0 Å². The van der Waals surface area contributed by atoms with Gasteiger partial charge in [0.25, 0.3) is 5.91 Å². The molecule has 0 spiro atoms. The van der Waals surface area contributed by atoms with Crippen LogP contribution in [0, 0.1) is 0 Å². The van der Waals surface area contributed by atoms with E-state index in [0.29, 0.717) is 29.6 Å². The second kappa shape index (κ2) is 10.2. The SMILES string of the molecule is CC1(C)C(=O)N(C(=O)CCN2CCCCC2)CCN1C(=O)/C=C/c1ccc(Cl)c(Cl)c1. The molecular formula is C23H29Cl2N3O3. The summed E-state index contributed by atoms with van der Waals surface area (Å²) in [5.74, 6) is -0.786. The first kappa shape index (κ1) is 23.8. The van der Waals surface area contributed by atoms with Gasteiger partial charge in [0.1, 0.15) is 5.54 Å². The van der Waals surface area contributed by atoms with Crippen LogP contribution >= 0.6 is 23.2 Å². The van der Waals surface area contributed by atoms with Crippen LogP contribution in [0.2, 0.25) is 10.0 Å². The second-order valence-corrected chi connectivity index (χ2v) is 9.37. The van der Waals surface area contributed by atoms with Crippen molar-refractivity contribution >= 4 is 47.0 Å². The average Bonchev–Trinajstić information content (AvgIpc) is 2.75. The van der Waals surface area contributed by atoms with Crippen molar-refractivity contribution in [2.75, 3.05) is 32.7 Å². The number of imide groups is 1. The minimum atomic E-state index is -1.10. The quantitative estimate of drug-likeness (QED) is 0.619. The number of carbonyl (C=O) groups excluding carboxylic acids is 3. The van der Waals surface area contributed by atoms with E-state index in [1.165, 1.54) is 22.3 Å². The number of amides is 3. The van der Waals surface area contributed by atoms with Crippen molar-refractivity contribution in [2.24, 2.45) is 0 Å². The molecule has 0 bridgehead atoms. The number of halogens is 2. The zero-order chi connectivity index (χ0) is 22.6. The van der Waals surface area contributed by atoms with E-state index in [0.717, 1.165) is 31.5 Å². The predicted molar refractivity (Wildman–Crippen MR) is 123 cm³/mol. The van der Waals surface area contributed by atoms with Crippen LogP contribution in [0.15, 0.2) is 24.3 Å². The van der Waals surface area contributed by atoms with Crippen molar-refractivity contribution in [3.05, 3.63) is 39.9 Å². The maximum Gasteiger partial charge on any atom is 0.254 e. The van der Waals surface area contributed by atoms with Crippen molar-refractivity contribution in [2.45, 2.75) is 45.1 Å². The van der Waals surface area contributed by atoms with E-state index < -0.39 is 5.54 Å². The fourth-order valence-corrected chi connectivity index (χ4v) is 4.40. The molecule has 2 aliphatic heterocycles. The molecule has 3 rings (SSSR count). The first-order chi connectivity index (χ1) is 14.7. The van der Waals surface area contributed by atoms with Crippen molar-refractivity contribution < 1.29 is 14.4 Å². The van der Waals surface area contributed by atoms with Gasteiger partial charge in [-0.25, -0.2) is 0 Å². The molecule has 2 aliphatic rings. The highest BCUT2D eigenvalue weighted by molar-refractivity contribution is 6.42. The Hall–Kier alpha value is -1.89. The number of rotatable bonds is 5. The van der Waals surface area contributed by atoms with Gasteiger partial charge in [0, 0.05) is 32.1 Å². The molecule has 0 aliphatic carbocycles. The summed E-state index contributed by atoms with van der Waals surface area (Å²) in [6.07, 6.45) is 6.96. The summed E-state index contributed by atoms with van der Waals surface area (Å²) in [7, 11) is 0. The predicted octanol–water partition coefficient (Wildman–Crippen LogP) is 3.86. The van der Waals surface area contributed by atoms with Gasteiger partial charge in [-0.3, -0.25) is 19.3 Å². The molecule has 1 aromatic rings. The fraction of sp³-hybridized carbons (Fsp3) is 0.522. The third kappa shape index (κ3) is 5.68. The molecule has 3 amide bonds. The molecular weight excluding hydrogens is 437 g/mol. The maximum atomic E-state index is 13.1. The molecule has 0 aromatic heterocycles. The van der Waals surface area contributed by atoms with Crippen molar-refractivity contribution in [3.8, 4) is 0 Å². The topological polar surface area (TPSA) is 60.9 Å². The van der Waals surface area contributed by atoms with Gasteiger partial charge >= 0.3 is 0 Å². The van der Waals surface area contributed by atoms with Gasteiger partial charge in [0.2, 0.25) is 11.8 Å². The lowest BCUT2D eigenvalue weighted by Gasteiger charge is -2.44. The molecule has 6 nitrogen and oxygen atoms in total. The van der Waals surface area contributed by atoms with E-state index in [1.807, 2.05) is 0 Å². The number of hydrogen-bond donors (Lipinski definition) is 0. The number of benzene rings is 1. The van der Waals surface area contributed by atoms with Crippen molar-refractivity contribution in [3.63, 3.8) is 0 Å². The van der Waals surface area contributed by atoms with Crippen LogP contribution in [0.4, 0.5) is 0 Å². The van der Waals surface area contributed by atoms with E-state index in [2.05, 4.69) is 4.90 Å². The lowest BCUT2D eigenvalue weighted by Crippen LogP contribution is -2.65. The first-order valence-electron chi connectivity index (χ1n) is 10.7. The van der Waals surface area contributed by atoms with Gasteiger partial charge in [-0.05, 0) is 63.6 Å². The summed E-state index contributed by atoms with van der Waals surface area (Å²) in [5.41, 5.74) is -0.364. The zero-order valence-electron chi connectivity index (χ0n) is 18.1. The Balaban J connectivity index is 1.61. The highest BCUT2D eigenvalue weighted by atomic mass is 35.5. The third-order valence-corrected chi connectivity index (χ3v) is 6.75. The van der Waals surface area contributed by atoms with Gasteiger partial charge in [0.05, 0.1) is 10.0 Å². The molecule has 31 heavy (non-hydrogen) atoms. The molecule has 0 atom stereocenters. The lowest BCUT2D eigenvalue weighted by molar-refractivity contribution is -0.162. The summed E-state index contributed by atoms with van der Waals surface area (Å²) in [6, 6.07) is 5.09. The van der Waals surface area contributed by atoms with Crippen LogP contribution in [-0.2, 0) is 14.4 Å². The van der Waals surface area contributed by atoms with Crippen LogP contribution in [0.3, 0.4) is 0 Å². The Labute approximate surface area is 193 Å². The van der Waals surface area contributed by atoms with Crippen molar-refractivity contribution in [1.82, 2.24) is 14.7 Å². The Morgan fingerprint density at radius 3 is 2.42 bits per heavy atom. The number of hydrogen-bond acceptors (Lipinski definition) is 4. The second-order valence-electron chi connectivity index (χ2n) is 8.56. The van der Waals surface area contributed by atoms with E-state index in [1.54, 1.807) is 38.1 Å². The Morgan fingerprint density at radius 2 is 1.74 bits per heavy atom. The molecule has 8 heteroatoms. The van der Waals surface area contributed by atoms with Gasteiger partial charge < -0.3 is 9.80 Å². The van der Waals surface area contributed by atoms with Gasteiger partial charge in [-0.1, -0.05) is 35.7 Å². The van der Waals surface area contributed by atoms with Crippen LogP contribution in [0.1, 0.15) is 45.1 Å². The molecule has 1 aromatic carbocycles. The minimum Gasteiger partial charge on any atom is -0.323 e. The Bertz CT molecular complexity index is 879. The van der Waals surface area contributed by atoms with Crippen LogP contribution in [0.25, 0.3) is 6.08 Å². The normalized spacial score (nSPS) is 19.8. The van der Waals surface area contributed by atoms with Crippen LogP contribution < -0.4 is 0 Å². The summed E-state index contributed by atoms with van der Waals surface area (Å²) in [6.45, 7) is 6.60. The van der Waals surface area contributed by atoms with E-state index in [9.17, 15) is 14.4 Å². The smallest absolute Gasteiger partial charge is 0.254 e. The van der Waals surface area contributed by atoms with Crippen LogP contribution in [0.5, 0.6) is 0 Å². The number of likely N-dealkylation sites (tertiary alicyclic amines) is 1. The third-order valence-electron chi connectivity index (χ3n) is 6.01. The number of nitrogens with zero attached hydrogens (tertiary/aromatic N) is 3. The fourth-order valence-electron chi connectivity index (χ4n) is 4.10. The number of piperazine rings is 1. The molecule has 0 unspecified atom stereocenters. The largest absolute Gasteiger partial charge is 0.323 e. The van der Waals surface area contributed by atoms with Gasteiger partial charge in [-0.15, -0.1) is 0 Å². The van der Waals surface area contributed by atoms with Gasteiger partial charge in [-0.2, -0.15) is 0 Å². The molecule has 0 N–H and O–H groups in total. The molecule has 2 heterocycles. The summed E-state index contributed by atoms with van der Waals surface area (Å²) in [4.78, 5) is 43.7. The molecule has 168 valence electrons. The summed E-state index contributed by atoms with van der Waals surface area (Å²) in [5, 5.41) is 0.849. The standard InChI is InChI=1S/C23H29Cl2N3O3/c1-23(2)22(31)27(20(29)10-13-26-11-4-3-5-12-26)14-15-28(23)21(30)9-7-17-6-8-18(24)19(25)16-17/h6-9,16H,3-5,10-15H2,1-2H3/b9-7+. The summed E-state index contributed by atoms with van der Waals surface area (Å²) < 4.78 is 0. The zero-order valence-corrected chi connectivity index (χ0v) is 19.6. The minimum absolute atomic E-state index is 0.165. The summed E-state index contributed by atoms with van der Waals surface area (Å²) >= 11 is 11.9. The van der Waals surface area contributed by atoms with E-state index >= 15 is 0 Å². The lowest BCUT2D eigenvalue weighted by atomic mass is 9.96. The number of piperidine rings is 1. The Kier molecular flexibility index (Phi) is 7.78. The average molecular weight is 466 g/mol. The highest BCUT2D eigenvalue weighted by Gasteiger charge is 2.45. The van der Waals surface area contributed by atoms with Crippen LogP contribution in [-0.4, -0.2) is 70.7 Å². The maximum absolute atomic E-state index is 13.1. The molecule has 2 fully saturated rings. The molecule has 2 saturated heterocycles. The number of carbonyl (C=O) groups is 3. The first-order valence-corrected chi connectivity index (χ1v) is 11.5. The van der Waals surface area contributed by atoms with Crippen molar-refractivity contribution in [1.29, 1.82) is 0 Å². The van der Waals surface area contributed by atoms with E-state index in [4.69, 9.17) is 23.2 Å². The monoisotopic (exact) mass is 465 g/mol. The molecule has 0 saturated carbocycles.